The second-order valence-corrected chi connectivity index (χ2v) is 8.84. The van der Waals surface area contributed by atoms with Gasteiger partial charge in [-0.3, -0.25) is 0 Å². The van der Waals surface area contributed by atoms with Crippen LogP contribution in [-0.2, 0) is 0 Å². The number of fused-ring (bicyclic) bond motifs is 3. The van der Waals surface area contributed by atoms with Crippen molar-refractivity contribution in [1.29, 1.82) is 0 Å². The fraction of sp³-hybridized carbons (Fsp3) is 0.400. The van der Waals surface area contributed by atoms with E-state index in [1.165, 1.54) is 29.3 Å². The van der Waals surface area contributed by atoms with Crippen LogP contribution in [0, 0.1) is 5.92 Å². The third kappa shape index (κ3) is 3.02. The number of nitrogens with two attached hydrogens (primary N) is 1. The number of hydrogen-bond acceptors (Lipinski definition) is 7. The first-order valence-corrected chi connectivity index (χ1v) is 10.6. The molecular formula is C20H23N7S. The molecule has 0 radical (unpaired) electrons. The Morgan fingerprint density at radius 2 is 2.21 bits per heavy atom. The Morgan fingerprint density at radius 3 is 3.04 bits per heavy atom. The molecule has 2 unspecified atom stereocenters. The van der Waals surface area contributed by atoms with Crippen molar-refractivity contribution in [3.05, 3.63) is 29.6 Å². The SMILES string of the molecule is CC1(N)CCCCC1CNc1nc2cc(-c3nn[nH]n3)ccc2c2ccsc12. The van der Waals surface area contributed by atoms with Crippen LogP contribution in [0.5, 0.6) is 0 Å². The maximum absolute atomic E-state index is 6.56. The van der Waals surface area contributed by atoms with Gasteiger partial charge < -0.3 is 11.1 Å². The molecule has 8 heteroatoms. The highest BCUT2D eigenvalue weighted by Gasteiger charge is 2.32. The first kappa shape index (κ1) is 17.5. The van der Waals surface area contributed by atoms with Crippen LogP contribution in [0.1, 0.15) is 32.6 Å². The van der Waals surface area contributed by atoms with Crippen LogP contribution in [-0.4, -0.2) is 37.7 Å². The second kappa shape index (κ2) is 6.79. The molecule has 28 heavy (non-hydrogen) atoms. The van der Waals surface area contributed by atoms with E-state index < -0.39 is 0 Å². The summed E-state index contributed by atoms with van der Waals surface area (Å²) in [5.74, 6) is 1.97. The molecule has 1 saturated carbocycles. The molecule has 1 aromatic carbocycles. The average Bonchev–Trinajstić information content (AvgIpc) is 3.38. The van der Waals surface area contributed by atoms with Crippen LogP contribution in [0.4, 0.5) is 5.82 Å². The van der Waals surface area contributed by atoms with Gasteiger partial charge in [0.1, 0.15) is 5.82 Å². The smallest absolute Gasteiger partial charge is 0.204 e. The van der Waals surface area contributed by atoms with Crippen LogP contribution in [0.2, 0.25) is 0 Å². The van der Waals surface area contributed by atoms with Gasteiger partial charge in [-0.25, -0.2) is 4.98 Å². The van der Waals surface area contributed by atoms with E-state index in [-0.39, 0.29) is 5.54 Å². The van der Waals surface area contributed by atoms with Crippen LogP contribution in [0.3, 0.4) is 0 Å². The Hall–Kier alpha value is -2.58. The molecular weight excluding hydrogens is 370 g/mol. The molecule has 1 aliphatic rings. The number of aromatic nitrogens is 5. The topological polar surface area (TPSA) is 105 Å². The Balaban J connectivity index is 1.52. The summed E-state index contributed by atoms with van der Waals surface area (Å²) < 4.78 is 1.19. The number of aromatic amines is 1. The fourth-order valence-electron chi connectivity index (χ4n) is 4.26. The summed E-state index contributed by atoms with van der Waals surface area (Å²) in [5, 5.41) is 22.4. The number of tetrazole rings is 1. The van der Waals surface area contributed by atoms with Crippen LogP contribution in [0.25, 0.3) is 32.4 Å². The van der Waals surface area contributed by atoms with Gasteiger partial charge >= 0.3 is 0 Å². The predicted octanol–water partition coefficient (Wildman–Crippen LogP) is 3.95. The summed E-state index contributed by atoms with van der Waals surface area (Å²) in [6, 6.07) is 8.29. The third-order valence-corrected chi connectivity index (χ3v) is 6.89. The number of nitrogens with one attached hydrogen (secondary N) is 2. The van der Waals surface area contributed by atoms with Crippen molar-refractivity contribution in [2.24, 2.45) is 11.7 Å². The molecule has 0 aliphatic heterocycles. The fourth-order valence-corrected chi connectivity index (χ4v) is 5.13. The zero-order chi connectivity index (χ0) is 19.1. The van der Waals surface area contributed by atoms with Gasteiger partial charge in [0.25, 0.3) is 0 Å². The summed E-state index contributed by atoms with van der Waals surface area (Å²) in [6.07, 6.45) is 4.74. The largest absolute Gasteiger partial charge is 0.369 e. The highest BCUT2D eigenvalue weighted by molar-refractivity contribution is 7.18. The third-order valence-electron chi connectivity index (χ3n) is 5.97. The number of rotatable bonds is 4. The number of pyridine rings is 1. The number of H-pyrrole nitrogens is 1. The maximum atomic E-state index is 6.56. The number of hydrogen-bond donors (Lipinski definition) is 3. The quantitative estimate of drug-likeness (QED) is 0.485. The summed E-state index contributed by atoms with van der Waals surface area (Å²) >= 11 is 1.72. The Bertz CT molecular complexity index is 1120. The van der Waals surface area contributed by atoms with E-state index in [1.54, 1.807) is 11.3 Å². The Morgan fingerprint density at radius 1 is 1.29 bits per heavy atom. The van der Waals surface area contributed by atoms with E-state index >= 15 is 0 Å². The second-order valence-electron chi connectivity index (χ2n) is 7.92. The first-order chi connectivity index (χ1) is 13.6. The van der Waals surface area contributed by atoms with Gasteiger partial charge in [-0.05, 0) is 48.4 Å². The lowest BCUT2D eigenvalue weighted by Crippen LogP contribution is -2.48. The van der Waals surface area contributed by atoms with Crippen molar-refractivity contribution in [2.75, 3.05) is 11.9 Å². The Kier molecular flexibility index (Phi) is 4.25. The van der Waals surface area contributed by atoms with Crippen molar-refractivity contribution < 1.29 is 0 Å². The highest BCUT2D eigenvalue weighted by atomic mass is 32.1. The maximum Gasteiger partial charge on any atom is 0.204 e. The minimum atomic E-state index is -0.109. The summed E-state index contributed by atoms with van der Waals surface area (Å²) in [7, 11) is 0. The number of anilines is 1. The lowest BCUT2D eigenvalue weighted by Gasteiger charge is -2.38. The molecule has 5 rings (SSSR count). The molecule has 0 saturated heterocycles. The minimum absolute atomic E-state index is 0.109. The van der Waals surface area contributed by atoms with E-state index in [0.717, 1.165) is 35.2 Å². The molecule has 4 aromatic rings. The lowest BCUT2D eigenvalue weighted by atomic mass is 9.74. The molecule has 0 bridgehead atoms. The Labute approximate surface area is 166 Å². The molecule has 3 aromatic heterocycles. The van der Waals surface area contributed by atoms with Gasteiger partial charge in [-0.1, -0.05) is 25.0 Å². The minimum Gasteiger partial charge on any atom is -0.369 e. The molecule has 7 nitrogen and oxygen atoms in total. The van der Waals surface area contributed by atoms with Crippen LogP contribution in [0.15, 0.2) is 29.6 Å². The molecule has 2 atom stereocenters. The number of thiophene rings is 1. The van der Waals surface area contributed by atoms with Crippen LogP contribution >= 0.6 is 11.3 Å². The van der Waals surface area contributed by atoms with Gasteiger partial charge in [-0.15, -0.1) is 21.5 Å². The van der Waals surface area contributed by atoms with Crippen molar-refractivity contribution in [2.45, 2.75) is 38.1 Å². The summed E-state index contributed by atoms with van der Waals surface area (Å²) in [4.78, 5) is 4.95. The van der Waals surface area contributed by atoms with Gasteiger partial charge in [0.2, 0.25) is 5.82 Å². The molecule has 144 valence electrons. The van der Waals surface area contributed by atoms with Gasteiger partial charge in [0.15, 0.2) is 0 Å². The van der Waals surface area contributed by atoms with Crippen molar-refractivity contribution >= 4 is 38.1 Å². The van der Waals surface area contributed by atoms with Gasteiger partial charge in [0.05, 0.1) is 10.2 Å². The summed E-state index contributed by atoms with van der Waals surface area (Å²) in [5.41, 5.74) is 8.28. The van der Waals surface area contributed by atoms with E-state index in [4.69, 9.17) is 10.7 Å². The van der Waals surface area contributed by atoms with Gasteiger partial charge in [-0.2, -0.15) is 5.21 Å². The van der Waals surface area contributed by atoms with Crippen molar-refractivity contribution in [3.63, 3.8) is 0 Å². The zero-order valence-corrected chi connectivity index (χ0v) is 16.6. The standard InChI is InChI=1S/C20H23N7S/c1-20(21)8-3-2-4-13(20)11-22-19-17-15(7-9-28-17)14-6-5-12(10-16(14)23-19)18-24-26-27-25-18/h5-7,9-10,13H,2-4,8,11,21H2,1H3,(H,22,23)(H,24,25,26,27). The van der Waals surface area contributed by atoms with Gasteiger partial charge in [0, 0.05) is 28.4 Å². The average molecular weight is 394 g/mol. The number of nitrogens with zero attached hydrogens (tertiary/aromatic N) is 4. The molecule has 1 fully saturated rings. The molecule has 4 N–H and O–H groups in total. The normalized spacial score (nSPS) is 22.7. The summed E-state index contributed by atoms with van der Waals surface area (Å²) in [6.45, 7) is 3.04. The predicted molar refractivity (Wildman–Crippen MR) is 113 cm³/mol. The lowest BCUT2D eigenvalue weighted by molar-refractivity contribution is 0.219. The molecule has 1 aliphatic carbocycles. The zero-order valence-electron chi connectivity index (χ0n) is 15.8. The van der Waals surface area contributed by atoms with E-state index in [0.29, 0.717) is 11.7 Å². The molecule has 0 amide bonds. The van der Waals surface area contributed by atoms with E-state index in [1.807, 2.05) is 12.1 Å². The van der Waals surface area contributed by atoms with E-state index in [9.17, 15) is 0 Å². The molecule has 3 heterocycles. The highest BCUT2D eigenvalue weighted by Crippen LogP contribution is 2.36. The monoisotopic (exact) mass is 393 g/mol. The van der Waals surface area contributed by atoms with Crippen molar-refractivity contribution in [3.8, 4) is 11.4 Å². The van der Waals surface area contributed by atoms with Crippen molar-refractivity contribution in [1.82, 2.24) is 25.6 Å². The van der Waals surface area contributed by atoms with E-state index in [2.05, 4.69) is 50.4 Å². The van der Waals surface area contributed by atoms with Crippen LogP contribution < -0.4 is 11.1 Å². The molecule has 0 spiro atoms. The number of benzene rings is 1. The first-order valence-electron chi connectivity index (χ1n) is 9.69.